The van der Waals surface area contributed by atoms with Crippen molar-refractivity contribution in [2.75, 3.05) is 7.11 Å². The first-order valence-electron chi connectivity index (χ1n) is 5.73. The van der Waals surface area contributed by atoms with E-state index in [1.165, 1.54) is 0 Å². The van der Waals surface area contributed by atoms with Crippen molar-refractivity contribution in [1.29, 1.82) is 0 Å². The van der Waals surface area contributed by atoms with Gasteiger partial charge in [0.15, 0.2) is 0 Å². The number of hydrogen-bond acceptors (Lipinski definition) is 3. The molecule has 1 aliphatic rings. The maximum Gasteiger partial charge on any atom is 0.122 e. The predicted octanol–water partition coefficient (Wildman–Crippen LogP) is 1.48. The van der Waals surface area contributed by atoms with Gasteiger partial charge in [0.25, 0.3) is 0 Å². The summed E-state index contributed by atoms with van der Waals surface area (Å²) in [4.78, 5) is 0. The monoisotopic (exact) mass is 221 g/mol. The molecule has 3 N–H and O–H groups in total. The third kappa shape index (κ3) is 2.36. The highest BCUT2D eigenvalue weighted by Gasteiger charge is 2.36. The highest BCUT2D eigenvalue weighted by molar-refractivity contribution is 5.34. The number of ether oxygens (including phenoxy) is 1. The lowest BCUT2D eigenvalue weighted by atomic mass is 9.92. The van der Waals surface area contributed by atoms with Gasteiger partial charge >= 0.3 is 0 Å². The van der Waals surface area contributed by atoms with Gasteiger partial charge in [-0.3, -0.25) is 0 Å². The standard InChI is InChI=1S/C13H19NO2/c1-16-12-5-3-2-4-10(12)8-13(15)7-6-11(14)9-13/h2-5,11,15H,6-9,14H2,1H3. The second-order valence-electron chi connectivity index (χ2n) is 4.72. The fourth-order valence-electron chi connectivity index (χ4n) is 2.51. The van der Waals surface area contributed by atoms with Gasteiger partial charge in [-0.15, -0.1) is 0 Å². The van der Waals surface area contributed by atoms with Crippen LogP contribution in [0.25, 0.3) is 0 Å². The molecule has 0 amide bonds. The van der Waals surface area contributed by atoms with Gasteiger partial charge in [0.1, 0.15) is 5.75 Å². The second kappa shape index (κ2) is 4.44. The Bertz CT molecular complexity index is 367. The van der Waals surface area contributed by atoms with Gasteiger partial charge in [0.05, 0.1) is 12.7 Å². The smallest absolute Gasteiger partial charge is 0.122 e. The van der Waals surface area contributed by atoms with Crippen molar-refractivity contribution in [1.82, 2.24) is 0 Å². The number of benzene rings is 1. The van der Waals surface area contributed by atoms with E-state index in [1.807, 2.05) is 24.3 Å². The minimum atomic E-state index is -0.645. The molecule has 2 unspecified atom stereocenters. The summed E-state index contributed by atoms with van der Waals surface area (Å²) in [6.07, 6.45) is 3.01. The van der Waals surface area contributed by atoms with E-state index in [2.05, 4.69) is 0 Å². The molecule has 1 aromatic rings. The lowest BCUT2D eigenvalue weighted by Crippen LogP contribution is -2.30. The minimum Gasteiger partial charge on any atom is -0.496 e. The second-order valence-corrected chi connectivity index (χ2v) is 4.72. The lowest BCUT2D eigenvalue weighted by molar-refractivity contribution is 0.0463. The molecule has 2 atom stereocenters. The lowest BCUT2D eigenvalue weighted by Gasteiger charge is -2.23. The quantitative estimate of drug-likeness (QED) is 0.813. The zero-order chi connectivity index (χ0) is 11.6. The van der Waals surface area contributed by atoms with Gasteiger partial charge in [0, 0.05) is 12.5 Å². The first-order chi connectivity index (χ1) is 7.63. The van der Waals surface area contributed by atoms with Crippen LogP contribution in [0.1, 0.15) is 24.8 Å². The fraction of sp³-hybridized carbons (Fsp3) is 0.538. The Hall–Kier alpha value is -1.06. The van der Waals surface area contributed by atoms with Gasteiger partial charge in [0.2, 0.25) is 0 Å². The summed E-state index contributed by atoms with van der Waals surface area (Å²) in [7, 11) is 1.66. The normalized spacial score (nSPS) is 29.3. The molecule has 2 rings (SSSR count). The van der Waals surface area contributed by atoms with E-state index in [0.29, 0.717) is 12.8 Å². The molecule has 0 aromatic heterocycles. The van der Waals surface area contributed by atoms with Crippen molar-refractivity contribution in [3.8, 4) is 5.75 Å². The molecule has 1 aliphatic carbocycles. The largest absolute Gasteiger partial charge is 0.496 e. The third-order valence-corrected chi connectivity index (χ3v) is 3.33. The zero-order valence-electron chi connectivity index (χ0n) is 9.65. The highest BCUT2D eigenvalue weighted by Crippen LogP contribution is 2.34. The molecular formula is C13H19NO2. The van der Waals surface area contributed by atoms with E-state index in [0.717, 1.165) is 24.2 Å². The highest BCUT2D eigenvalue weighted by atomic mass is 16.5. The van der Waals surface area contributed by atoms with Gasteiger partial charge in [-0.1, -0.05) is 18.2 Å². The topological polar surface area (TPSA) is 55.5 Å². The van der Waals surface area contributed by atoms with Crippen LogP contribution >= 0.6 is 0 Å². The molecular weight excluding hydrogens is 202 g/mol. The summed E-state index contributed by atoms with van der Waals surface area (Å²) in [6, 6.07) is 7.97. The summed E-state index contributed by atoms with van der Waals surface area (Å²) in [6.45, 7) is 0. The molecule has 0 saturated heterocycles. The summed E-state index contributed by atoms with van der Waals surface area (Å²) >= 11 is 0. The van der Waals surface area contributed by atoms with Crippen LogP contribution in [0.4, 0.5) is 0 Å². The molecule has 1 aromatic carbocycles. The average Bonchev–Trinajstić information content (AvgIpc) is 2.59. The van der Waals surface area contributed by atoms with Crippen molar-refractivity contribution in [2.24, 2.45) is 5.73 Å². The Balaban J connectivity index is 2.14. The van der Waals surface area contributed by atoms with Crippen molar-refractivity contribution in [2.45, 2.75) is 37.3 Å². The van der Waals surface area contributed by atoms with E-state index in [-0.39, 0.29) is 6.04 Å². The first-order valence-corrected chi connectivity index (χ1v) is 5.73. The SMILES string of the molecule is COc1ccccc1CC1(O)CCC(N)C1. The Morgan fingerprint density at radius 1 is 1.50 bits per heavy atom. The number of aliphatic hydroxyl groups is 1. The van der Waals surface area contributed by atoms with Crippen molar-refractivity contribution in [3.05, 3.63) is 29.8 Å². The van der Waals surface area contributed by atoms with Crippen molar-refractivity contribution >= 4 is 0 Å². The van der Waals surface area contributed by atoms with Crippen LogP contribution < -0.4 is 10.5 Å². The average molecular weight is 221 g/mol. The molecule has 1 fully saturated rings. The molecule has 0 radical (unpaired) electrons. The molecule has 0 bridgehead atoms. The van der Waals surface area contributed by atoms with E-state index >= 15 is 0 Å². The van der Waals surface area contributed by atoms with E-state index in [9.17, 15) is 5.11 Å². The summed E-state index contributed by atoms with van der Waals surface area (Å²) < 4.78 is 5.29. The number of rotatable bonds is 3. The fourth-order valence-corrected chi connectivity index (χ4v) is 2.51. The Morgan fingerprint density at radius 3 is 2.88 bits per heavy atom. The number of methoxy groups -OCH3 is 1. The molecule has 88 valence electrons. The van der Waals surface area contributed by atoms with E-state index in [4.69, 9.17) is 10.5 Å². The number of para-hydroxylation sites is 1. The van der Waals surface area contributed by atoms with Gasteiger partial charge < -0.3 is 15.6 Å². The summed E-state index contributed by atoms with van der Waals surface area (Å²) in [5.41, 5.74) is 6.26. The Kier molecular flexibility index (Phi) is 3.17. The minimum absolute atomic E-state index is 0.139. The predicted molar refractivity (Wildman–Crippen MR) is 63.5 cm³/mol. The van der Waals surface area contributed by atoms with Crippen LogP contribution in [-0.2, 0) is 6.42 Å². The van der Waals surface area contributed by atoms with Gasteiger partial charge in [-0.25, -0.2) is 0 Å². The molecule has 3 heteroatoms. The van der Waals surface area contributed by atoms with Crippen molar-refractivity contribution < 1.29 is 9.84 Å². The zero-order valence-corrected chi connectivity index (χ0v) is 9.65. The summed E-state index contributed by atoms with van der Waals surface area (Å²) in [5.74, 6) is 0.844. The summed E-state index contributed by atoms with van der Waals surface area (Å²) in [5, 5.41) is 10.4. The maximum absolute atomic E-state index is 10.4. The molecule has 1 saturated carbocycles. The van der Waals surface area contributed by atoms with Crippen LogP contribution in [0.5, 0.6) is 5.75 Å². The van der Waals surface area contributed by atoms with Gasteiger partial charge in [-0.05, 0) is 30.9 Å². The Morgan fingerprint density at radius 2 is 2.25 bits per heavy atom. The third-order valence-electron chi connectivity index (χ3n) is 3.33. The number of hydrogen-bond donors (Lipinski definition) is 2. The van der Waals surface area contributed by atoms with Crippen LogP contribution in [0.2, 0.25) is 0 Å². The van der Waals surface area contributed by atoms with E-state index in [1.54, 1.807) is 7.11 Å². The Labute approximate surface area is 96.2 Å². The van der Waals surface area contributed by atoms with Crippen LogP contribution in [0.3, 0.4) is 0 Å². The van der Waals surface area contributed by atoms with Crippen LogP contribution in [0.15, 0.2) is 24.3 Å². The molecule has 0 heterocycles. The number of nitrogens with two attached hydrogens (primary N) is 1. The molecule has 3 nitrogen and oxygen atoms in total. The van der Waals surface area contributed by atoms with Crippen LogP contribution in [0, 0.1) is 0 Å². The first kappa shape index (κ1) is 11.4. The molecule has 0 spiro atoms. The molecule has 0 aliphatic heterocycles. The van der Waals surface area contributed by atoms with Crippen molar-refractivity contribution in [3.63, 3.8) is 0 Å². The van der Waals surface area contributed by atoms with Gasteiger partial charge in [-0.2, -0.15) is 0 Å². The molecule has 16 heavy (non-hydrogen) atoms. The van der Waals surface area contributed by atoms with Crippen LogP contribution in [-0.4, -0.2) is 23.9 Å². The van der Waals surface area contributed by atoms with E-state index < -0.39 is 5.60 Å². The maximum atomic E-state index is 10.4.